The largest absolute Gasteiger partial charge is 0.487 e. The molecule has 0 atom stereocenters. The van der Waals surface area contributed by atoms with Crippen LogP contribution in [0.1, 0.15) is 37.8 Å². The van der Waals surface area contributed by atoms with Crippen LogP contribution in [0, 0.1) is 0 Å². The smallest absolute Gasteiger partial charge is 0.123 e. The molecule has 1 fully saturated rings. The van der Waals surface area contributed by atoms with Gasteiger partial charge in [-0.1, -0.05) is 12.1 Å². The van der Waals surface area contributed by atoms with Crippen LogP contribution in [0.3, 0.4) is 0 Å². The lowest BCUT2D eigenvalue weighted by Gasteiger charge is -2.16. The normalized spacial score (nSPS) is 23.7. The molecule has 2 heteroatoms. The van der Waals surface area contributed by atoms with Crippen LogP contribution >= 0.6 is 0 Å². The van der Waals surface area contributed by atoms with E-state index in [-0.39, 0.29) is 11.1 Å². The fourth-order valence-electron chi connectivity index (χ4n) is 2.52. The highest BCUT2D eigenvalue weighted by Crippen LogP contribution is 2.39. The van der Waals surface area contributed by atoms with E-state index in [4.69, 9.17) is 10.5 Å². The molecule has 1 aliphatic carbocycles. The van der Waals surface area contributed by atoms with E-state index in [0.29, 0.717) is 0 Å². The standard InChI is InChI=1S/C14H19NO/c1-13(2)9-11-7-10(3-4-12(11)16-13)8-14(15)5-6-14/h3-4,7H,5-6,8-9,15H2,1-2H3. The Balaban J connectivity index is 1.84. The predicted molar refractivity (Wildman–Crippen MR) is 64.7 cm³/mol. The highest BCUT2D eigenvalue weighted by molar-refractivity contribution is 5.42. The van der Waals surface area contributed by atoms with Crippen LogP contribution in [0.5, 0.6) is 5.75 Å². The maximum absolute atomic E-state index is 6.15. The molecule has 1 aromatic rings. The average Bonchev–Trinajstić information content (AvgIpc) is 2.78. The van der Waals surface area contributed by atoms with Gasteiger partial charge < -0.3 is 10.5 Å². The first-order valence-corrected chi connectivity index (χ1v) is 6.06. The van der Waals surface area contributed by atoms with Gasteiger partial charge in [0, 0.05) is 12.0 Å². The molecule has 1 aliphatic heterocycles. The van der Waals surface area contributed by atoms with Crippen LogP contribution in [0.15, 0.2) is 18.2 Å². The van der Waals surface area contributed by atoms with E-state index < -0.39 is 0 Å². The van der Waals surface area contributed by atoms with Crippen molar-refractivity contribution in [3.63, 3.8) is 0 Å². The van der Waals surface area contributed by atoms with Crippen molar-refractivity contribution in [1.29, 1.82) is 0 Å². The van der Waals surface area contributed by atoms with Gasteiger partial charge in [-0.2, -0.15) is 0 Å². The van der Waals surface area contributed by atoms with Gasteiger partial charge in [0.15, 0.2) is 0 Å². The maximum Gasteiger partial charge on any atom is 0.123 e. The van der Waals surface area contributed by atoms with Crippen LogP contribution < -0.4 is 10.5 Å². The Kier molecular flexibility index (Phi) is 1.91. The first-order valence-electron chi connectivity index (χ1n) is 6.06. The number of hydrogen-bond donors (Lipinski definition) is 1. The fourth-order valence-corrected chi connectivity index (χ4v) is 2.52. The third kappa shape index (κ3) is 1.82. The summed E-state index contributed by atoms with van der Waals surface area (Å²) in [5.74, 6) is 1.05. The molecule has 0 saturated heterocycles. The second kappa shape index (κ2) is 3.01. The summed E-state index contributed by atoms with van der Waals surface area (Å²) in [5, 5.41) is 0. The summed E-state index contributed by atoms with van der Waals surface area (Å²) in [5.41, 5.74) is 8.91. The molecule has 2 aliphatic rings. The molecule has 2 N–H and O–H groups in total. The van der Waals surface area contributed by atoms with E-state index in [0.717, 1.165) is 18.6 Å². The highest BCUT2D eigenvalue weighted by atomic mass is 16.5. The van der Waals surface area contributed by atoms with Gasteiger partial charge in [0.05, 0.1) is 0 Å². The monoisotopic (exact) mass is 217 g/mol. The van der Waals surface area contributed by atoms with Gasteiger partial charge in [-0.3, -0.25) is 0 Å². The zero-order chi connectivity index (χ0) is 11.4. The Hall–Kier alpha value is -1.02. The Morgan fingerprint density at radius 3 is 2.75 bits per heavy atom. The van der Waals surface area contributed by atoms with Gasteiger partial charge in [0.25, 0.3) is 0 Å². The highest BCUT2D eigenvalue weighted by Gasteiger charge is 2.38. The number of rotatable bonds is 2. The van der Waals surface area contributed by atoms with E-state index >= 15 is 0 Å². The topological polar surface area (TPSA) is 35.2 Å². The van der Waals surface area contributed by atoms with Gasteiger partial charge in [-0.25, -0.2) is 0 Å². The summed E-state index contributed by atoms with van der Waals surface area (Å²) in [4.78, 5) is 0. The summed E-state index contributed by atoms with van der Waals surface area (Å²) in [6, 6.07) is 6.54. The molecule has 2 nitrogen and oxygen atoms in total. The van der Waals surface area contributed by atoms with Crippen LogP contribution in [0.4, 0.5) is 0 Å². The zero-order valence-electron chi connectivity index (χ0n) is 10.0. The lowest BCUT2D eigenvalue weighted by molar-refractivity contribution is 0.138. The molecule has 86 valence electrons. The van der Waals surface area contributed by atoms with Gasteiger partial charge in [-0.15, -0.1) is 0 Å². The minimum Gasteiger partial charge on any atom is -0.487 e. The van der Waals surface area contributed by atoms with E-state index in [2.05, 4.69) is 32.0 Å². The predicted octanol–water partition coefficient (Wildman–Crippen LogP) is 2.43. The molecule has 16 heavy (non-hydrogen) atoms. The molecule has 0 bridgehead atoms. The number of fused-ring (bicyclic) bond motifs is 1. The van der Waals surface area contributed by atoms with Crippen LogP contribution in [0.2, 0.25) is 0 Å². The first-order chi connectivity index (χ1) is 7.46. The van der Waals surface area contributed by atoms with Crippen molar-refractivity contribution < 1.29 is 4.74 Å². The first kappa shape index (κ1) is 10.2. The maximum atomic E-state index is 6.15. The molecule has 0 spiro atoms. The quantitative estimate of drug-likeness (QED) is 0.825. The number of hydrogen-bond acceptors (Lipinski definition) is 2. The molecule has 1 heterocycles. The fraction of sp³-hybridized carbons (Fsp3) is 0.571. The molecule has 0 radical (unpaired) electrons. The molecule has 0 unspecified atom stereocenters. The Labute approximate surface area is 96.8 Å². The molecular formula is C14H19NO. The van der Waals surface area contributed by atoms with Crippen molar-refractivity contribution in [3.05, 3.63) is 29.3 Å². The van der Waals surface area contributed by atoms with Crippen LogP contribution in [0.25, 0.3) is 0 Å². The third-order valence-corrected chi connectivity index (χ3v) is 3.58. The third-order valence-electron chi connectivity index (χ3n) is 3.58. The van der Waals surface area contributed by atoms with E-state index in [1.807, 2.05) is 0 Å². The Bertz CT molecular complexity index is 432. The summed E-state index contributed by atoms with van der Waals surface area (Å²) in [7, 11) is 0. The van der Waals surface area contributed by atoms with Crippen molar-refractivity contribution in [3.8, 4) is 5.75 Å². The van der Waals surface area contributed by atoms with E-state index in [1.165, 1.54) is 24.0 Å². The van der Waals surface area contributed by atoms with Gasteiger partial charge in [0.2, 0.25) is 0 Å². The molecule has 1 aromatic carbocycles. The lowest BCUT2D eigenvalue weighted by Crippen LogP contribution is -2.24. The molecule has 1 saturated carbocycles. The van der Waals surface area contributed by atoms with Crippen LogP contribution in [-0.4, -0.2) is 11.1 Å². The number of benzene rings is 1. The summed E-state index contributed by atoms with van der Waals surface area (Å²) >= 11 is 0. The van der Waals surface area contributed by atoms with Crippen molar-refractivity contribution in [2.75, 3.05) is 0 Å². The minimum absolute atomic E-state index is 0.0407. The summed E-state index contributed by atoms with van der Waals surface area (Å²) in [6.45, 7) is 4.27. The second-order valence-electron chi connectivity index (χ2n) is 6.02. The average molecular weight is 217 g/mol. The summed E-state index contributed by atoms with van der Waals surface area (Å²) < 4.78 is 5.86. The van der Waals surface area contributed by atoms with E-state index in [1.54, 1.807) is 0 Å². The van der Waals surface area contributed by atoms with Crippen LogP contribution in [-0.2, 0) is 12.8 Å². The number of ether oxygens (including phenoxy) is 1. The van der Waals surface area contributed by atoms with Crippen molar-refractivity contribution in [2.24, 2.45) is 5.73 Å². The molecule has 0 aromatic heterocycles. The Morgan fingerprint density at radius 2 is 2.06 bits per heavy atom. The van der Waals surface area contributed by atoms with Crippen molar-refractivity contribution >= 4 is 0 Å². The summed E-state index contributed by atoms with van der Waals surface area (Å²) in [6.07, 6.45) is 4.37. The zero-order valence-corrected chi connectivity index (χ0v) is 10.0. The lowest BCUT2D eigenvalue weighted by atomic mass is 9.97. The van der Waals surface area contributed by atoms with E-state index in [9.17, 15) is 0 Å². The van der Waals surface area contributed by atoms with Gasteiger partial charge in [-0.05, 0) is 50.3 Å². The molecule has 0 amide bonds. The van der Waals surface area contributed by atoms with Crippen molar-refractivity contribution in [2.45, 2.75) is 50.7 Å². The van der Waals surface area contributed by atoms with Gasteiger partial charge in [0.1, 0.15) is 11.4 Å². The molecular weight excluding hydrogens is 198 g/mol. The SMILES string of the molecule is CC1(C)Cc2cc(CC3(N)CC3)ccc2O1. The van der Waals surface area contributed by atoms with Gasteiger partial charge >= 0.3 is 0 Å². The second-order valence-corrected chi connectivity index (χ2v) is 6.02. The minimum atomic E-state index is -0.0407. The van der Waals surface area contributed by atoms with Crippen molar-refractivity contribution in [1.82, 2.24) is 0 Å². The number of nitrogens with two attached hydrogens (primary N) is 1. The molecule has 3 rings (SSSR count). The Morgan fingerprint density at radius 1 is 1.31 bits per heavy atom.